The molecule has 2 N–H and O–H groups in total. The number of non-ortho nitro benzene ring substituents is 1. The molecule has 0 saturated carbocycles. The molecule has 0 unspecified atom stereocenters. The molecule has 0 radical (unpaired) electrons. The molecule has 1 rings (SSSR count). The summed E-state index contributed by atoms with van der Waals surface area (Å²) >= 11 is 0. The minimum Gasteiger partial charge on any atom is -0.444 e. The third-order valence-electron chi connectivity index (χ3n) is 2.40. The molecule has 0 spiro atoms. The first-order valence-corrected chi connectivity index (χ1v) is 6.64. The number of ether oxygens (including phenoxy) is 1. The van der Waals surface area contributed by atoms with Crippen molar-refractivity contribution in [3.8, 4) is 0 Å². The second-order valence-corrected chi connectivity index (χ2v) is 5.67. The van der Waals surface area contributed by atoms with Gasteiger partial charge in [-0.15, -0.1) is 0 Å². The van der Waals surface area contributed by atoms with Crippen LogP contribution in [0.3, 0.4) is 0 Å². The van der Waals surface area contributed by atoms with Gasteiger partial charge in [-0.05, 0) is 39.3 Å². The molecule has 21 heavy (non-hydrogen) atoms. The van der Waals surface area contributed by atoms with Crippen LogP contribution in [0.1, 0.15) is 26.3 Å². The predicted molar refractivity (Wildman–Crippen MR) is 80.6 cm³/mol. The summed E-state index contributed by atoms with van der Waals surface area (Å²) < 4.78 is 5.09. The van der Waals surface area contributed by atoms with Crippen LogP contribution in [0.15, 0.2) is 18.2 Å². The molecule has 0 aliphatic carbocycles. The summed E-state index contributed by atoms with van der Waals surface area (Å²) in [4.78, 5) is 21.7. The average molecular weight is 295 g/mol. The standard InChI is InChI=1S/C14H21N3O4/c1-10-7-11(9-12(8-10)17(19)20)15-5-6-16-13(18)21-14(2,3)4/h7-9,15H,5-6H2,1-4H3,(H,16,18). The lowest BCUT2D eigenvalue weighted by Gasteiger charge is -2.19. The Hall–Kier alpha value is -2.31. The van der Waals surface area contributed by atoms with E-state index in [2.05, 4.69) is 10.6 Å². The highest BCUT2D eigenvalue weighted by Gasteiger charge is 2.15. The fourth-order valence-electron chi connectivity index (χ4n) is 1.66. The zero-order valence-corrected chi connectivity index (χ0v) is 12.7. The summed E-state index contributed by atoms with van der Waals surface area (Å²) in [6.45, 7) is 7.96. The highest BCUT2D eigenvalue weighted by molar-refractivity contribution is 5.67. The summed E-state index contributed by atoms with van der Waals surface area (Å²) in [5, 5.41) is 16.4. The Labute approximate surface area is 123 Å². The Bertz CT molecular complexity index is 523. The van der Waals surface area contributed by atoms with E-state index in [1.165, 1.54) is 12.1 Å². The summed E-state index contributed by atoms with van der Waals surface area (Å²) in [7, 11) is 0. The number of carbonyl (C=O) groups excluding carboxylic acids is 1. The molecule has 0 atom stereocenters. The number of carbonyl (C=O) groups is 1. The van der Waals surface area contributed by atoms with Gasteiger partial charge in [0.2, 0.25) is 0 Å². The number of benzene rings is 1. The zero-order valence-electron chi connectivity index (χ0n) is 12.7. The van der Waals surface area contributed by atoms with Gasteiger partial charge in [-0.2, -0.15) is 0 Å². The van der Waals surface area contributed by atoms with E-state index in [1.54, 1.807) is 33.8 Å². The topological polar surface area (TPSA) is 93.5 Å². The van der Waals surface area contributed by atoms with Crippen LogP contribution in [-0.4, -0.2) is 29.7 Å². The van der Waals surface area contributed by atoms with E-state index in [1.807, 2.05) is 0 Å². The molecule has 1 amide bonds. The fourth-order valence-corrected chi connectivity index (χ4v) is 1.66. The first-order valence-electron chi connectivity index (χ1n) is 6.64. The number of nitrogens with zero attached hydrogens (tertiary/aromatic N) is 1. The molecule has 0 heterocycles. The van der Waals surface area contributed by atoms with Crippen LogP contribution in [0.5, 0.6) is 0 Å². The second kappa shape index (κ2) is 6.92. The molecule has 0 saturated heterocycles. The second-order valence-electron chi connectivity index (χ2n) is 5.67. The number of alkyl carbamates (subject to hydrolysis) is 1. The van der Waals surface area contributed by atoms with E-state index in [4.69, 9.17) is 4.74 Å². The van der Waals surface area contributed by atoms with Crippen LogP contribution in [0.25, 0.3) is 0 Å². The van der Waals surface area contributed by atoms with E-state index in [9.17, 15) is 14.9 Å². The Morgan fingerprint density at radius 1 is 1.29 bits per heavy atom. The molecule has 7 nitrogen and oxygen atoms in total. The minimum atomic E-state index is -0.533. The van der Waals surface area contributed by atoms with Gasteiger partial charge in [-0.1, -0.05) is 0 Å². The number of nitro groups is 1. The van der Waals surface area contributed by atoms with Crippen molar-refractivity contribution in [2.45, 2.75) is 33.3 Å². The van der Waals surface area contributed by atoms with Gasteiger partial charge in [0.25, 0.3) is 5.69 Å². The van der Waals surface area contributed by atoms with E-state index in [-0.39, 0.29) is 5.69 Å². The van der Waals surface area contributed by atoms with Crippen molar-refractivity contribution in [1.29, 1.82) is 0 Å². The van der Waals surface area contributed by atoms with Gasteiger partial charge < -0.3 is 15.4 Å². The molecule has 0 aromatic heterocycles. The van der Waals surface area contributed by atoms with Crippen LogP contribution >= 0.6 is 0 Å². The molecule has 7 heteroatoms. The summed E-state index contributed by atoms with van der Waals surface area (Å²) in [5.74, 6) is 0. The number of hydrogen-bond acceptors (Lipinski definition) is 5. The number of rotatable bonds is 5. The maximum Gasteiger partial charge on any atom is 0.407 e. The number of nitrogens with one attached hydrogen (secondary N) is 2. The maximum absolute atomic E-state index is 11.4. The molecule has 0 fully saturated rings. The van der Waals surface area contributed by atoms with E-state index in [0.717, 1.165) is 5.56 Å². The third kappa shape index (κ3) is 6.60. The molecular weight excluding hydrogens is 274 g/mol. The van der Waals surface area contributed by atoms with Gasteiger partial charge in [0.15, 0.2) is 0 Å². The molecular formula is C14H21N3O4. The van der Waals surface area contributed by atoms with Crippen molar-refractivity contribution in [2.75, 3.05) is 18.4 Å². The van der Waals surface area contributed by atoms with Crippen LogP contribution in [0.2, 0.25) is 0 Å². The summed E-state index contributed by atoms with van der Waals surface area (Å²) in [5.41, 5.74) is 0.950. The van der Waals surface area contributed by atoms with Crippen molar-refractivity contribution >= 4 is 17.5 Å². The third-order valence-corrected chi connectivity index (χ3v) is 2.40. The normalized spacial score (nSPS) is 10.9. The largest absolute Gasteiger partial charge is 0.444 e. The number of aryl methyl sites for hydroxylation is 1. The fraction of sp³-hybridized carbons (Fsp3) is 0.500. The molecule has 0 aliphatic heterocycles. The number of amides is 1. The van der Waals surface area contributed by atoms with Gasteiger partial charge in [0.1, 0.15) is 5.60 Å². The van der Waals surface area contributed by atoms with Crippen molar-refractivity contribution in [2.24, 2.45) is 0 Å². The highest BCUT2D eigenvalue weighted by atomic mass is 16.6. The van der Waals surface area contributed by atoms with Gasteiger partial charge >= 0.3 is 6.09 Å². The lowest BCUT2D eigenvalue weighted by atomic mass is 10.2. The van der Waals surface area contributed by atoms with Crippen molar-refractivity contribution < 1.29 is 14.5 Å². The number of hydrogen-bond donors (Lipinski definition) is 2. The average Bonchev–Trinajstić information content (AvgIpc) is 2.31. The zero-order chi connectivity index (χ0) is 16.0. The quantitative estimate of drug-likeness (QED) is 0.495. The number of nitro benzene ring substituents is 1. The van der Waals surface area contributed by atoms with E-state index in [0.29, 0.717) is 18.8 Å². The maximum atomic E-state index is 11.4. The molecule has 1 aromatic carbocycles. The molecule has 1 aromatic rings. The van der Waals surface area contributed by atoms with Gasteiger partial charge in [0.05, 0.1) is 4.92 Å². The molecule has 0 aliphatic rings. The van der Waals surface area contributed by atoms with Crippen LogP contribution in [0, 0.1) is 17.0 Å². The van der Waals surface area contributed by atoms with Crippen LogP contribution in [0.4, 0.5) is 16.2 Å². The van der Waals surface area contributed by atoms with Crippen molar-refractivity contribution in [3.63, 3.8) is 0 Å². The predicted octanol–water partition coefficient (Wildman–Crippen LogP) is 2.84. The Kier molecular flexibility index (Phi) is 5.52. The Morgan fingerprint density at radius 2 is 1.95 bits per heavy atom. The van der Waals surface area contributed by atoms with Gasteiger partial charge in [0, 0.05) is 30.9 Å². The lowest BCUT2D eigenvalue weighted by molar-refractivity contribution is -0.384. The van der Waals surface area contributed by atoms with Crippen molar-refractivity contribution in [1.82, 2.24) is 5.32 Å². The van der Waals surface area contributed by atoms with E-state index >= 15 is 0 Å². The van der Waals surface area contributed by atoms with E-state index < -0.39 is 16.6 Å². The Morgan fingerprint density at radius 3 is 2.52 bits per heavy atom. The molecule has 116 valence electrons. The van der Waals surface area contributed by atoms with Gasteiger partial charge in [-0.3, -0.25) is 10.1 Å². The number of anilines is 1. The SMILES string of the molecule is Cc1cc(NCCNC(=O)OC(C)(C)C)cc([N+](=O)[O-])c1. The summed E-state index contributed by atoms with van der Waals surface area (Å²) in [6.07, 6.45) is -0.487. The van der Waals surface area contributed by atoms with Crippen molar-refractivity contribution in [3.05, 3.63) is 33.9 Å². The lowest BCUT2D eigenvalue weighted by Crippen LogP contribution is -2.35. The summed E-state index contributed by atoms with van der Waals surface area (Å²) in [6, 6.07) is 4.77. The van der Waals surface area contributed by atoms with Gasteiger partial charge in [-0.25, -0.2) is 4.79 Å². The van der Waals surface area contributed by atoms with Crippen LogP contribution < -0.4 is 10.6 Å². The monoisotopic (exact) mass is 295 g/mol. The first kappa shape index (κ1) is 16.7. The molecule has 0 bridgehead atoms. The Balaban J connectivity index is 2.43. The smallest absolute Gasteiger partial charge is 0.407 e. The first-order chi connectivity index (χ1) is 9.67. The van der Waals surface area contributed by atoms with Crippen LogP contribution in [-0.2, 0) is 4.74 Å². The minimum absolute atomic E-state index is 0.0394. The highest BCUT2D eigenvalue weighted by Crippen LogP contribution is 2.20.